The lowest BCUT2D eigenvalue weighted by atomic mass is 10.3. The van der Waals surface area contributed by atoms with Crippen molar-refractivity contribution in [3.8, 4) is 10.6 Å². The van der Waals surface area contributed by atoms with Crippen LogP contribution in [0.25, 0.3) is 10.6 Å². The molecule has 0 atom stereocenters. The number of aromatic nitrogens is 2. The van der Waals surface area contributed by atoms with Crippen molar-refractivity contribution in [1.29, 1.82) is 0 Å². The van der Waals surface area contributed by atoms with Crippen molar-refractivity contribution >= 4 is 28.8 Å². The third kappa shape index (κ3) is 2.94. The Kier molecular flexibility index (Phi) is 3.93. The van der Waals surface area contributed by atoms with E-state index in [0.717, 1.165) is 20.7 Å². The number of ether oxygens (including phenoxy) is 1. The third-order valence-corrected chi connectivity index (χ3v) is 3.38. The summed E-state index contributed by atoms with van der Waals surface area (Å²) in [6.07, 6.45) is 0. The smallest absolute Gasteiger partial charge is 0.157 e. The lowest BCUT2D eigenvalue weighted by molar-refractivity contribution is 0.178. The zero-order chi connectivity index (χ0) is 12.3. The molecule has 0 radical (unpaired) electrons. The van der Waals surface area contributed by atoms with Crippen molar-refractivity contribution in [3.63, 3.8) is 0 Å². The first kappa shape index (κ1) is 12.3. The Labute approximate surface area is 109 Å². The first-order chi connectivity index (χ1) is 8.22. The second-order valence-electron chi connectivity index (χ2n) is 3.34. The number of methoxy groups -OCH3 is 1. The van der Waals surface area contributed by atoms with Crippen molar-refractivity contribution < 1.29 is 4.74 Å². The number of halogens is 1. The van der Waals surface area contributed by atoms with E-state index in [1.165, 1.54) is 11.3 Å². The van der Waals surface area contributed by atoms with E-state index >= 15 is 0 Å². The Morgan fingerprint density at radius 3 is 2.82 bits per heavy atom. The van der Waals surface area contributed by atoms with Crippen LogP contribution in [0.1, 0.15) is 5.82 Å². The van der Waals surface area contributed by atoms with Gasteiger partial charge in [0.25, 0.3) is 0 Å². The fourth-order valence-electron chi connectivity index (χ4n) is 1.40. The Balaban J connectivity index is 2.42. The molecule has 2 rings (SSSR count). The molecule has 0 aromatic carbocycles. The molecule has 4 nitrogen and oxygen atoms in total. The van der Waals surface area contributed by atoms with Crippen molar-refractivity contribution in [2.75, 3.05) is 19.5 Å². The molecule has 0 saturated heterocycles. The summed E-state index contributed by atoms with van der Waals surface area (Å²) in [5, 5.41) is 3.01. The Bertz CT molecular complexity index is 515. The van der Waals surface area contributed by atoms with Crippen LogP contribution in [0, 0.1) is 0 Å². The number of hydrogen-bond acceptors (Lipinski definition) is 5. The van der Waals surface area contributed by atoms with Crippen molar-refractivity contribution in [2.45, 2.75) is 6.61 Å². The van der Waals surface area contributed by atoms with Gasteiger partial charge in [0.2, 0.25) is 0 Å². The molecule has 0 aliphatic carbocycles. The van der Waals surface area contributed by atoms with Crippen LogP contribution in [-0.2, 0) is 11.3 Å². The van der Waals surface area contributed by atoms with Crippen LogP contribution < -0.4 is 5.32 Å². The van der Waals surface area contributed by atoms with E-state index < -0.39 is 0 Å². The van der Waals surface area contributed by atoms with Gasteiger partial charge in [0.15, 0.2) is 5.82 Å². The molecule has 2 aromatic heterocycles. The molecular weight excluding hydrogens is 258 g/mol. The number of nitrogens with one attached hydrogen (secondary N) is 1. The van der Waals surface area contributed by atoms with E-state index in [2.05, 4.69) is 15.3 Å². The molecule has 2 heterocycles. The number of thiophene rings is 1. The molecular formula is C11H12ClN3OS. The standard InChI is InChI=1S/C11H12ClN3OS/c1-13-10-5-7(8-3-4-9(12)17-8)14-11(15-10)6-16-2/h3-5H,6H2,1-2H3,(H,13,14,15). The van der Waals surface area contributed by atoms with Crippen molar-refractivity contribution in [2.24, 2.45) is 0 Å². The zero-order valence-electron chi connectivity index (χ0n) is 9.53. The van der Waals surface area contributed by atoms with Crippen LogP contribution in [0.15, 0.2) is 18.2 Å². The molecule has 2 aromatic rings. The van der Waals surface area contributed by atoms with E-state index in [1.807, 2.05) is 25.2 Å². The van der Waals surface area contributed by atoms with Crippen molar-refractivity contribution in [3.05, 3.63) is 28.4 Å². The van der Waals surface area contributed by atoms with Crippen LogP contribution >= 0.6 is 22.9 Å². The molecule has 6 heteroatoms. The summed E-state index contributed by atoms with van der Waals surface area (Å²) in [6.45, 7) is 0.391. The number of nitrogens with zero attached hydrogens (tertiary/aromatic N) is 2. The van der Waals surface area contributed by atoms with Gasteiger partial charge < -0.3 is 10.1 Å². The molecule has 0 amide bonds. The van der Waals surface area contributed by atoms with Crippen LogP contribution in [0.5, 0.6) is 0 Å². The fourth-order valence-corrected chi connectivity index (χ4v) is 2.40. The van der Waals surface area contributed by atoms with E-state index in [1.54, 1.807) is 7.11 Å². The highest BCUT2D eigenvalue weighted by Crippen LogP contribution is 2.30. The fraction of sp³-hybridized carbons (Fsp3) is 0.273. The number of rotatable bonds is 4. The molecule has 0 fully saturated rings. The average molecular weight is 270 g/mol. The Hall–Kier alpha value is -1.17. The summed E-state index contributed by atoms with van der Waals surface area (Å²) < 4.78 is 5.80. The minimum atomic E-state index is 0.391. The molecule has 0 unspecified atom stereocenters. The molecule has 17 heavy (non-hydrogen) atoms. The quantitative estimate of drug-likeness (QED) is 0.927. The van der Waals surface area contributed by atoms with E-state index in [4.69, 9.17) is 16.3 Å². The average Bonchev–Trinajstić information content (AvgIpc) is 2.76. The maximum atomic E-state index is 5.92. The molecule has 0 spiro atoms. The molecule has 0 aliphatic heterocycles. The SMILES string of the molecule is CNc1cc(-c2ccc(Cl)s2)nc(COC)n1. The van der Waals surface area contributed by atoms with E-state index in [0.29, 0.717) is 12.4 Å². The summed E-state index contributed by atoms with van der Waals surface area (Å²) in [5.74, 6) is 1.42. The van der Waals surface area contributed by atoms with Gasteiger partial charge in [0.05, 0.1) is 14.9 Å². The van der Waals surface area contributed by atoms with E-state index in [-0.39, 0.29) is 0 Å². The highest BCUT2D eigenvalue weighted by atomic mass is 35.5. The van der Waals surface area contributed by atoms with Gasteiger partial charge in [-0.05, 0) is 12.1 Å². The topological polar surface area (TPSA) is 47.0 Å². The van der Waals surface area contributed by atoms with Crippen LogP contribution in [0.4, 0.5) is 5.82 Å². The second-order valence-corrected chi connectivity index (χ2v) is 5.06. The van der Waals surface area contributed by atoms with Gasteiger partial charge in [-0.3, -0.25) is 0 Å². The Morgan fingerprint density at radius 1 is 1.41 bits per heavy atom. The first-order valence-electron chi connectivity index (χ1n) is 5.03. The lowest BCUT2D eigenvalue weighted by Gasteiger charge is -2.05. The minimum Gasteiger partial charge on any atom is -0.377 e. The molecule has 0 aliphatic rings. The number of anilines is 1. The summed E-state index contributed by atoms with van der Waals surface area (Å²) in [5.41, 5.74) is 0.855. The monoisotopic (exact) mass is 269 g/mol. The van der Waals surface area contributed by atoms with Gasteiger partial charge in [-0.25, -0.2) is 9.97 Å². The zero-order valence-corrected chi connectivity index (χ0v) is 11.1. The minimum absolute atomic E-state index is 0.391. The molecule has 0 bridgehead atoms. The van der Waals surface area contributed by atoms with Gasteiger partial charge in [-0.2, -0.15) is 0 Å². The maximum Gasteiger partial charge on any atom is 0.157 e. The summed E-state index contributed by atoms with van der Waals surface area (Å²) in [4.78, 5) is 9.75. The third-order valence-electron chi connectivity index (χ3n) is 2.13. The van der Waals surface area contributed by atoms with Gasteiger partial charge in [0, 0.05) is 20.2 Å². The van der Waals surface area contributed by atoms with Crippen molar-refractivity contribution in [1.82, 2.24) is 9.97 Å². The second kappa shape index (κ2) is 5.44. The van der Waals surface area contributed by atoms with Gasteiger partial charge in [-0.1, -0.05) is 11.6 Å². The largest absolute Gasteiger partial charge is 0.377 e. The van der Waals surface area contributed by atoms with Gasteiger partial charge in [0.1, 0.15) is 12.4 Å². The van der Waals surface area contributed by atoms with Crippen LogP contribution in [-0.4, -0.2) is 24.1 Å². The number of hydrogen-bond donors (Lipinski definition) is 1. The predicted octanol–water partition coefficient (Wildman–Crippen LogP) is 3.05. The predicted molar refractivity (Wildman–Crippen MR) is 70.6 cm³/mol. The first-order valence-corrected chi connectivity index (χ1v) is 6.22. The summed E-state index contributed by atoms with van der Waals surface area (Å²) in [6, 6.07) is 5.70. The van der Waals surface area contributed by atoms with Gasteiger partial charge >= 0.3 is 0 Å². The normalized spacial score (nSPS) is 10.5. The molecule has 0 saturated carbocycles. The highest BCUT2D eigenvalue weighted by molar-refractivity contribution is 7.19. The lowest BCUT2D eigenvalue weighted by Crippen LogP contribution is -2.02. The molecule has 90 valence electrons. The van der Waals surface area contributed by atoms with Crippen LogP contribution in [0.2, 0.25) is 4.34 Å². The maximum absolute atomic E-state index is 5.92. The Morgan fingerprint density at radius 2 is 2.24 bits per heavy atom. The molecule has 1 N–H and O–H groups in total. The van der Waals surface area contributed by atoms with Gasteiger partial charge in [-0.15, -0.1) is 11.3 Å². The summed E-state index contributed by atoms with van der Waals surface area (Å²) in [7, 11) is 3.45. The summed E-state index contributed by atoms with van der Waals surface area (Å²) >= 11 is 7.41. The highest BCUT2D eigenvalue weighted by Gasteiger charge is 2.08. The van der Waals surface area contributed by atoms with E-state index in [9.17, 15) is 0 Å². The van der Waals surface area contributed by atoms with Crippen LogP contribution in [0.3, 0.4) is 0 Å².